The number of hydrogen-bond donors (Lipinski definition) is 1. The number of aromatic nitrogens is 2. The number of nitrogens with zero attached hydrogens (tertiary/aromatic N) is 3. The van der Waals surface area contributed by atoms with Crippen LogP contribution in [0.1, 0.15) is 12.5 Å². The van der Waals surface area contributed by atoms with Crippen LogP contribution in [0, 0.1) is 11.3 Å². The normalized spacial score (nSPS) is 10.7. The van der Waals surface area contributed by atoms with Crippen molar-refractivity contribution in [2.24, 2.45) is 0 Å². The number of rotatable bonds is 5. The van der Waals surface area contributed by atoms with Gasteiger partial charge in [0.05, 0.1) is 41.2 Å². The highest BCUT2D eigenvalue weighted by atomic mass is 32.2. The van der Waals surface area contributed by atoms with Crippen LogP contribution in [0.15, 0.2) is 41.6 Å². The Bertz CT molecular complexity index is 749. The third-order valence-electron chi connectivity index (χ3n) is 2.45. The molecule has 0 radical (unpaired) electrons. The average Bonchev–Trinajstić information content (AvgIpc) is 2.49. The second-order valence-electron chi connectivity index (χ2n) is 3.93. The molecule has 1 heterocycles. The van der Waals surface area contributed by atoms with Gasteiger partial charge in [-0.1, -0.05) is 0 Å². The van der Waals surface area contributed by atoms with Gasteiger partial charge in [0.1, 0.15) is 0 Å². The fraction of sp³-hybridized carbons (Fsp3) is 0.154. The summed E-state index contributed by atoms with van der Waals surface area (Å²) >= 11 is 0. The summed E-state index contributed by atoms with van der Waals surface area (Å²) < 4.78 is 31.7. The number of ether oxygens (including phenoxy) is 1. The Balaban J connectivity index is 2.18. The Morgan fingerprint density at radius 3 is 2.38 bits per heavy atom. The van der Waals surface area contributed by atoms with Gasteiger partial charge < -0.3 is 4.74 Å². The first kappa shape index (κ1) is 14.7. The molecule has 1 aromatic carbocycles. The van der Waals surface area contributed by atoms with Crippen molar-refractivity contribution in [1.82, 2.24) is 9.97 Å². The Labute approximate surface area is 122 Å². The van der Waals surface area contributed by atoms with Gasteiger partial charge in [-0.15, -0.1) is 0 Å². The van der Waals surface area contributed by atoms with Crippen molar-refractivity contribution in [2.75, 3.05) is 11.3 Å². The summed E-state index contributed by atoms with van der Waals surface area (Å²) in [6.07, 6.45) is 2.64. The summed E-state index contributed by atoms with van der Waals surface area (Å²) in [4.78, 5) is 7.79. The lowest BCUT2D eigenvalue weighted by Gasteiger charge is -2.08. The molecule has 0 aliphatic heterocycles. The lowest BCUT2D eigenvalue weighted by Crippen LogP contribution is -2.13. The van der Waals surface area contributed by atoms with Crippen LogP contribution in [-0.2, 0) is 10.0 Å². The third-order valence-corrected chi connectivity index (χ3v) is 3.84. The van der Waals surface area contributed by atoms with Crippen LogP contribution in [-0.4, -0.2) is 25.0 Å². The zero-order valence-electron chi connectivity index (χ0n) is 11.1. The topological polar surface area (TPSA) is 105 Å². The van der Waals surface area contributed by atoms with Crippen LogP contribution in [0.25, 0.3) is 0 Å². The summed E-state index contributed by atoms with van der Waals surface area (Å²) in [5, 5.41) is 8.69. The van der Waals surface area contributed by atoms with E-state index in [1.807, 2.05) is 6.07 Å². The molecule has 0 spiro atoms. The molecule has 0 saturated heterocycles. The van der Waals surface area contributed by atoms with E-state index < -0.39 is 10.0 Å². The van der Waals surface area contributed by atoms with Crippen LogP contribution in [0.2, 0.25) is 0 Å². The quantitative estimate of drug-likeness (QED) is 0.898. The predicted molar refractivity (Wildman–Crippen MR) is 75.2 cm³/mol. The summed E-state index contributed by atoms with van der Waals surface area (Å²) in [5.74, 6) is 0. The lowest BCUT2D eigenvalue weighted by atomic mass is 10.2. The molecule has 8 heteroatoms. The molecule has 0 unspecified atom stereocenters. The first-order valence-corrected chi connectivity index (χ1v) is 7.51. The number of nitriles is 1. The molecule has 108 valence electrons. The largest absolute Gasteiger partial charge is 0.464 e. The predicted octanol–water partition coefficient (Wildman–Crippen LogP) is 1.55. The average molecular weight is 304 g/mol. The summed E-state index contributed by atoms with van der Waals surface area (Å²) in [6.45, 7) is 2.22. The van der Waals surface area contributed by atoms with E-state index in [-0.39, 0.29) is 16.6 Å². The van der Waals surface area contributed by atoms with Crippen LogP contribution in [0.3, 0.4) is 0 Å². The first-order valence-electron chi connectivity index (χ1n) is 6.03. The number of anilines is 1. The van der Waals surface area contributed by atoms with Crippen molar-refractivity contribution >= 4 is 15.7 Å². The standard InChI is InChI=1S/C13H12N4O3S/c1-2-20-13-15-8-11(9-16-13)17-21(18,19)12-5-3-10(7-14)4-6-12/h3-6,8-9,17H,2H2,1H3. The number of sulfonamides is 1. The van der Waals surface area contributed by atoms with Crippen LogP contribution in [0.4, 0.5) is 5.69 Å². The molecular formula is C13H12N4O3S. The minimum atomic E-state index is -3.74. The maximum absolute atomic E-state index is 12.1. The van der Waals surface area contributed by atoms with E-state index >= 15 is 0 Å². The van der Waals surface area contributed by atoms with E-state index in [1.54, 1.807) is 6.92 Å². The van der Waals surface area contributed by atoms with Gasteiger partial charge in [-0.25, -0.2) is 18.4 Å². The third kappa shape index (κ3) is 3.67. The molecule has 0 atom stereocenters. The minimum absolute atomic E-state index is 0.0513. The van der Waals surface area contributed by atoms with Crippen molar-refractivity contribution in [3.8, 4) is 12.1 Å². The summed E-state index contributed by atoms with van der Waals surface area (Å²) in [7, 11) is -3.74. The highest BCUT2D eigenvalue weighted by Gasteiger charge is 2.14. The van der Waals surface area contributed by atoms with E-state index in [1.165, 1.54) is 36.7 Å². The summed E-state index contributed by atoms with van der Waals surface area (Å²) in [6, 6.07) is 7.69. The van der Waals surface area contributed by atoms with Crippen LogP contribution < -0.4 is 9.46 Å². The van der Waals surface area contributed by atoms with Crippen molar-refractivity contribution in [3.63, 3.8) is 0 Å². The number of hydrogen-bond acceptors (Lipinski definition) is 6. The van der Waals surface area contributed by atoms with E-state index in [9.17, 15) is 8.42 Å². The Morgan fingerprint density at radius 2 is 1.86 bits per heavy atom. The number of nitrogens with one attached hydrogen (secondary N) is 1. The molecule has 2 aromatic rings. The lowest BCUT2D eigenvalue weighted by molar-refractivity contribution is 0.312. The molecule has 0 saturated carbocycles. The smallest absolute Gasteiger partial charge is 0.316 e. The van der Waals surface area contributed by atoms with E-state index in [0.717, 1.165) is 0 Å². The molecule has 0 bridgehead atoms. The maximum atomic E-state index is 12.1. The summed E-state index contributed by atoms with van der Waals surface area (Å²) in [5.41, 5.74) is 0.612. The Hall–Kier alpha value is -2.66. The molecular weight excluding hydrogens is 292 g/mol. The van der Waals surface area contributed by atoms with Crippen molar-refractivity contribution in [2.45, 2.75) is 11.8 Å². The van der Waals surface area contributed by atoms with Crippen molar-refractivity contribution in [3.05, 3.63) is 42.2 Å². The van der Waals surface area contributed by atoms with Gasteiger partial charge in [-0.3, -0.25) is 4.72 Å². The molecule has 0 fully saturated rings. The maximum Gasteiger partial charge on any atom is 0.316 e. The molecule has 0 amide bonds. The molecule has 7 nitrogen and oxygen atoms in total. The minimum Gasteiger partial charge on any atom is -0.464 e. The second-order valence-corrected chi connectivity index (χ2v) is 5.61. The molecule has 2 rings (SSSR count). The second kappa shape index (κ2) is 6.19. The molecule has 0 aliphatic carbocycles. The Kier molecular flexibility index (Phi) is 4.35. The van der Waals surface area contributed by atoms with Crippen molar-refractivity contribution < 1.29 is 13.2 Å². The molecule has 21 heavy (non-hydrogen) atoms. The van der Waals surface area contributed by atoms with Gasteiger partial charge in [-0.05, 0) is 31.2 Å². The van der Waals surface area contributed by atoms with Crippen LogP contribution in [0.5, 0.6) is 6.01 Å². The fourth-order valence-corrected chi connectivity index (χ4v) is 2.52. The molecule has 0 aliphatic rings. The van der Waals surface area contributed by atoms with Gasteiger partial charge in [0.2, 0.25) is 0 Å². The van der Waals surface area contributed by atoms with E-state index in [0.29, 0.717) is 12.2 Å². The zero-order chi connectivity index (χ0) is 15.3. The van der Waals surface area contributed by atoms with E-state index in [2.05, 4.69) is 14.7 Å². The van der Waals surface area contributed by atoms with E-state index in [4.69, 9.17) is 10.00 Å². The van der Waals surface area contributed by atoms with Gasteiger partial charge >= 0.3 is 6.01 Å². The Morgan fingerprint density at radius 1 is 1.24 bits per heavy atom. The van der Waals surface area contributed by atoms with Gasteiger partial charge in [0.15, 0.2) is 0 Å². The van der Waals surface area contributed by atoms with Gasteiger partial charge in [-0.2, -0.15) is 5.26 Å². The first-order chi connectivity index (χ1) is 10.0. The number of benzene rings is 1. The van der Waals surface area contributed by atoms with Crippen molar-refractivity contribution in [1.29, 1.82) is 5.26 Å². The SMILES string of the molecule is CCOc1ncc(NS(=O)(=O)c2ccc(C#N)cc2)cn1. The zero-order valence-corrected chi connectivity index (χ0v) is 12.0. The molecule has 1 aromatic heterocycles. The highest BCUT2D eigenvalue weighted by Crippen LogP contribution is 2.16. The highest BCUT2D eigenvalue weighted by molar-refractivity contribution is 7.92. The van der Waals surface area contributed by atoms with Gasteiger partial charge in [0.25, 0.3) is 10.0 Å². The van der Waals surface area contributed by atoms with Gasteiger partial charge in [0, 0.05) is 0 Å². The monoisotopic (exact) mass is 304 g/mol. The fourth-order valence-electron chi connectivity index (χ4n) is 1.50. The molecule has 1 N–H and O–H groups in total. The van der Waals surface area contributed by atoms with Crippen LogP contribution >= 0.6 is 0 Å².